The highest BCUT2D eigenvalue weighted by Crippen LogP contribution is 2.27. The Hall–Kier alpha value is -1.40. The lowest BCUT2D eigenvalue weighted by Crippen LogP contribution is -2.41. The first-order valence-electron chi connectivity index (χ1n) is 7.10. The average Bonchev–Trinajstić information content (AvgIpc) is 2.88. The van der Waals surface area contributed by atoms with Crippen LogP contribution in [-0.4, -0.2) is 54.1 Å². The number of carbonyl (C=O) groups is 1. The van der Waals surface area contributed by atoms with Crippen molar-refractivity contribution < 1.29 is 14.3 Å². The maximum atomic E-state index is 12.1. The number of nitrogens with zero attached hydrogens (tertiary/aromatic N) is 3. The molecule has 1 amide bonds. The van der Waals surface area contributed by atoms with Gasteiger partial charge in [-0.05, 0) is 13.8 Å². The maximum Gasteiger partial charge on any atom is 0.248 e. The molecule has 1 aliphatic heterocycles. The van der Waals surface area contributed by atoms with Gasteiger partial charge in [-0.1, -0.05) is 0 Å². The number of hydrogen-bond acceptors (Lipinski definition) is 4. The van der Waals surface area contributed by atoms with Crippen LogP contribution in [0.2, 0.25) is 0 Å². The normalized spacial score (nSPS) is 18.1. The Morgan fingerprint density at radius 2 is 2.30 bits per heavy atom. The molecule has 1 aliphatic rings. The highest BCUT2D eigenvalue weighted by molar-refractivity contribution is 5.77. The minimum absolute atomic E-state index is 0.0182. The quantitative estimate of drug-likeness (QED) is 0.781. The molecule has 0 spiro atoms. The number of ether oxygens (including phenoxy) is 2. The summed E-state index contributed by atoms with van der Waals surface area (Å²) in [5.74, 6) is 0.208. The SMILES string of the molecule is CCOCC(=O)N1Cc2nn(CC)cc2[C@H](COC)C1. The summed E-state index contributed by atoms with van der Waals surface area (Å²) in [6.45, 7) is 7.30. The van der Waals surface area contributed by atoms with Gasteiger partial charge in [-0.15, -0.1) is 0 Å². The van der Waals surface area contributed by atoms with Crippen LogP contribution in [0.15, 0.2) is 6.20 Å². The first kappa shape index (κ1) is 15.0. The smallest absolute Gasteiger partial charge is 0.248 e. The van der Waals surface area contributed by atoms with Crippen molar-refractivity contribution in [1.82, 2.24) is 14.7 Å². The molecule has 0 N–H and O–H groups in total. The molecule has 1 aromatic rings. The van der Waals surface area contributed by atoms with E-state index in [9.17, 15) is 4.79 Å². The molecule has 0 fully saturated rings. The Morgan fingerprint density at radius 3 is 2.95 bits per heavy atom. The Bertz CT molecular complexity index is 459. The minimum Gasteiger partial charge on any atom is -0.384 e. The van der Waals surface area contributed by atoms with Gasteiger partial charge < -0.3 is 14.4 Å². The van der Waals surface area contributed by atoms with Gasteiger partial charge in [0.2, 0.25) is 5.91 Å². The van der Waals surface area contributed by atoms with Crippen LogP contribution in [-0.2, 0) is 27.4 Å². The van der Waals surface area contributed by atoms with Crippen molar-refractivity contribution in [3.63, 3.8) is 0 Å². The summed E-state index contributed by atoms with van der Waals surface area (Å²) in [6, 6.07) is 0. The van der Waals surface area contributed by atoms with Crippen LogP contribution in [0.4, 0.5) is 0 Å². The Balaban J connectivity index is 2.15. The Kier molecular flexibility index (Phi) is 5.14. The first-order valence-corrected chi connectivity index (χ1v) is 7.10. The van der Waals surface area contributed by atoms with Crippen LogP contribution in [0.25, 0.3) is 0 Å². The van der Waals surface area contributed by atoms with Gasteiger partial charge in [-0.25, -0.2) is 0 Å². The number of aryl methyl sites for hydroxylation is 1. The molecule has 0 radical (unpaired) electrons. The summed E-state index contributed by atoms with van der Waals surface area (Å²) in [5.41, 5.74) is 2.18. The molecule has 0 aromatic carbocycles. The lowest BCUT2D eigenvalue weighted by atomic mass is 9.95. The van der Waals surface area contributed by atoms with E-state index in [0.717, 1.165) is 12.2 Å². The number of carbonyl (C=O) groups excluding carboxylic acids is 1. The molecule has 6 heteroatoms. The molecule has 0 saturated carbocycles. The maximum absolute atomic E-state index is 12.1. The lowest BCUT2D eigenvalue weighted by Gasteiger charge is -2.31. The fraction of sp³-hybridized carbons (Fsp3) is 0.714. The van der Waals surface area contributed by atoms with Gasteiger partial charge in [0, 0.05) is 44.5 Å². The van der Waals surface area contributed by atoms with Crippen LogP contribution in [0.3, 0.4) is 0 Å². The van der Waals surface area contributed by atoms with Crippen molar-refractivity contribution >= 4 is 5.91 Å². The van der Waals surface area contributed by atoms with Crippen LogP contribution < -0.4 is 0 Å². The molecular formula is C14H23N3O3. The van der Waals surface area contributed by atoms with E-state index in [1.165, 1.54) is 5.56 Å². The van der Waals surface area contributed by atoms with Crippen LogP contribution in [0, 0.1) is 0 Å². The largest absolute Gasteiger partial charge is 0.384 e. The fourth-order valence-electron chi connectivity index (χ4n) is 2.53. The second-order valence-electron chi connectivity index (χ2n) is 4.95. The summed E-state index contributed by atoms with van der Waals surface area (Å²) in [6.07, 6.45) is 2.07. The lowest BCUT2D eigenvalue weighted by molar-refractivity contribution is -0.137. The summed E-state index contributed by atoms with van der Waals surface area (Å²) in [4.78, 5) is 13.9. The molecule has 0 saturated heterocycles. The predicted octanol–water partition coefficient (Wildman–Crippen LogP) is 1.01. The van der Waals surface area contributed by atoms with E-state index < -0.39 is 0 Å². The molecule has 6 nitrogen and oxygen atoms in total. The van der Waals surface area contributed by atoms with Gasteiger partial charge >= 0.3 is 0 Å². The molecule has 112 valence electrons. The van der Waals surface area contributed by atoms with Crippen molar-refractivity contribution in [1.29, 1.82) is 0 Å². The van der Waals surface area contributed by atoms with Gasteiger partial charge in [0.15, 0.2) is 0 Å². The van der Waals surface area contributed by atoms with Gasteiger partial charge in [0.25, 0.3) is 0 Å². The summed E-state index contributed by atoms with van der Waals surface area (Å²) in [7, 11) is 1.69. The second kappa shape index (κ2) is 6.85. The average molecular weight is 281 g/mol. The van der Waals surface area contributed by atoms with E-state index in [1.54, 1.807) is 7.11 Å². The van der Waals surface area contributed by atoms with E-state index in [4.69, 9.17) is 9.47 Å². The van der Waals surface area contributed by atoms with E-state index in [0.29, 0.717) is 26.3 Å². The third-order valence-electron chi connectivity index (χ3n) is 3.57. The standard InChI is InChI=1S/C14H23N3O3/c1-4-17-7-12-11(9-19-3)6-16(8-13(12)15-17)14(18)10-20-5-2/h7,11H,4-6,8-10H2,1-3H3/t11-/m0/s1. The Labute approximate surface area is 119 Å². The summed E-state index contributed by atoms with van der Waals surface area (Å²) >= 11 is 0. The topological polar surface area (TPSA) is 56.6 Å². The van der Waals surface area contributed by atoms with Crippen molar-refractivity contribution in [3.05, 3.63) is 17.5 Å². The van der Waals surface area contributed by atoms with E-state index >= 15 is 0 Å². The monoisotopic (exact) mass is 281 g/mol. The third-order valence-corrected chi connectivity index (χ3v) is 3.57. The Morgan fingerprint density at radius 1 is 1.50 bits per heavy atom. The van der Waals surface area contributed by atoms with Crippen molar-refractivity contribution in [2.75, 3.05) is 33.5 Å². The molecular weight excluding hydrogens is 258 g/mol. The highest BCUT2D eigenvalue weighted by atomic mass is 16.5. The zero-order valence-corrected chi connectivity index (χ0v) is 12.5. The zero-order valence-electron chi connectivity index (χ0n) is 12.5. The van der Waals surface area contributed by atoms with Crippen LogP contribution in [0.5, 0.6) is 0 Å². The highest BCUT2D eigenvalue weighted by Gasteiger charge is 2.30. The number of rotatable bonds is 6. The fourth-order valence-corrected chi connectivity index (χ4v) is 2.53. The number of amides is 1. The predicted molar refractivity (Wildman–Crippen MR) is 74.4 cm³/mol. The van der Waals surface area contributed by atoms with Crippen molar-refractivity contribution in [2.45, 2.75) is 32.9 Å². The van der Waals surface area contributed by atoms with Crippen LogP contribution >= 0.6 is 0 Å². The zero-order chi connectivity index (χ0) is 14.5. The first-order chi connectivity index (χ1) is 9.69. The van der Waals surface area contributed by atoms with E-state index in [1.807, 2.05) is 16.5 Å². The molecule has 2 rings (SSSR count). The van der Waals surface area contributed by atoms with Crippen molar-refractivity contribution in [2.24, 2.45) is 0 Å². The van der Waals surface area contributed by atoms with Gasteiger partial charge in [-0.3, -0.25) is 9.48 Å². The second-order valence-corrected chi connectivity index (χ2v) is 4.95. The number of methoxy groups -OCH3 is 1. The van der Waals surface area contributed by atoms with Crippen LogP contribution in [0.1, 0.15) is 31.0 Å². The molecule has 0 aliphatic carbocycles. The van der Waals surface area contributed by atoms with Gasteiger partial charge in [0.05, 0.1) is 18.8 Å². The van der Waals surface area contributed by atoms with Crippen molar-refractivity contribution in [3.8, 4) is 0 Å². The molecule has 0 bridgehead atoms. The van der Waals surface area contributed by atoms with Gasteiger partial charge in [-0.2, -0.15) is 5.10 Å². The number of fused-ring (bicyclic) bond motifs is 1. The molecule has 0 unspecified atom stereocenters. The molecule has 20 heavy (non-hydrogen) atoms. The van der Waals surface area contributed by atoms with E-state index in [-0.39, 0.29) is 18.4 Å². The summed E-state index contributed by atoms with van der Waals surface area (Å²) in [5, 5.41) is 4.54. The minimum atomic E-state index is 0.0182. The molecule has 1 aromatic heterocycles. The number of hydrogen-bond donors (Lipinski definition) is 0. The summed E-state index contributed by atoms with van der Waals surface area (Å²) < 4.78 is 12.4. The van der Waals surface area contributed by atoms with Gasteiger partial charge in [0.1, 0.15) is 6.61 Å². The molecule has 2 heterocycles. The molecule has 1 atom stereocenters. The van der Waals surface area contributed by atoms with E-state index in [2.05, 4.69) is 18.2 Å². The third kappa shape index (κ3) is 3.19. The number of aromatic nitrogens is 2.